The van der Waals surface area contributed by atoms with Gasteiger partial charge >= 0.3 is 0 Å². The molecule has 0 aliphatic rings. The molecule has 182 valence electrons. The van der Waals surface area contributed by atoms with E-state index in [4.69, 9.17) is 0 Å². The molecular weight excluding hydrogens is 453 g/mol. The summed E-state index contributed by atoms with van der Waals surface area (Å²) in [6.45, 7) is 0.257. The number of hydrogen-bond donors (Lipinski definition) is 2. The van der Waals surface area contributed by atoms with E-state index in [0.29, 0.717) is 16.9 Å². The first-order valence-electron chi connectivity index (χ1n) is 11.7. The van der Waals surface area contributed by atoms with Crippen molar-refractivity contribution >= 4 is 23.2 Å². The van der Waals surface area contributed by atoms with Crippen LogP contribution in [-0.2, 0) is 11.3 Å². The number of hydrogen-bond acceptors (Lipinski definition) is 3. The first kappa shape index (κ1) is 24.7. The molecule has 0 saturated carbocycles. The zero-order valence-corrected chi connectivity index (χ0v) is 20.2. The van der Waals surface area contributed by atoms with Crippen LogP contribution < -0.4 is 15.5 Å². The minimum Gasteiger partial charge on any atom is -0.377 e. The molecule has 0 saturated heterocycles. The molecule has 2 amide bonds. The maximum absolute atomic E-state index is 13.5. The summed E-state index contributed by atoms with van der Waals surface area (Å²) in [7, 11) is 3.70. The van der Waals surface area contributed by atoms with Gasteiger partial charge in [0.15, 0.2) is 0 Å². The Bertz CT molecular complexity index is 1280. The molecule has 0 aliphatic carbocycles. The fraction of sp³-hybridized carbons (Fsp3) is 0.133. The third kappa shape index (κ3) is 5.96. The van der Waals surface area contributed by atoms with Gasteiger partial charge in [0, 0.05) is 32.0 Å². The Morgan fingerprint density at radius 1 is 0.806 bits per heavy atom. The zero-order valence-electron chi connectivity index (χ0n) is 20.2. The molecule has 6 heteroatoms. The second kappa shape index (κ2) is 11.3. The second-order valence-corrected chi connectivity index (χ2v) is 8.68. The van der Waals surface area contributed by atoms with Gasteiger partial charge in [0.2, 0.25) is 5.91 Å². The van der Waals surface area contributed by atoms with Gasteiger partial charge in [0.1, 0.15) is 5.82 Å². The lowest BCUT2D eigenvalue weighted by molar-refractivity contribution is -0.116. The lowest BCUT2D eigenvalue weighted by atomic mass is 9.90. The SMILES string of the molecule is CN(C)c1ccc(NC(=O)C(c2ccccc2)c2ccccc2)cc1C(=O)NCc1ccc(F)cc1. The van der Waals surface area contributed by atoms with Crippen LogP contribution in [0, 0.1) is 5.82 Å². The molecular formula is C30H28FN3O2. The van der Waals surface area contributed by atoms with Gasteiger partial charge in [-0.2, -0.15) is 0 Å². The number of rotatable bonds is 8. The summed E-state index contributed by atoms with van der Waals surface area (Å²) < 4.78 is 13.2. The van der Waals surface area contributed by atoms with Gasteiger partial charge in [0.05, 0.1) is 11.5 Å². The van der Waals surface area contributed by atoms with Crippen molar-refractivity contribution in [2.24, 2.45) is 0 Å². The average Bonchev–Trinajstić information content (AvgIpc) is 2.89. The van der Waals surface area contributed by atoms with E-state index in [-0.39, 0.29) is 24.2 Å². The number of benzene rings is 4. The van der Waals surface area contributed by atoms with Crippen molar-refractivity contribution in [3.05, 3.63) is 131 Å². The maximum Gasteiger partial charge on any atom is 0.253 e. The predicted octanol–water partition coefficient (Wildman–Crippen LogP) is 5.59. The summed E-state index contributed by atoms with van der Waals surface area (Å²) >= 11 is 0. The van der Waals surface area contributed by atoms with Gasteiger partial charge < -0.3 is 15.5 Å². The summed E-state index contributed by atoms with van der Waals surface area (Å²) in [4.78, 5) is 28.4. The number of amides is 2. The van der Waals surface area contributed by atoms with Crippen LogP contribution >= 0.6 is 0 Å². The number of carbonyl (C=O) groups excluding carboxylic acids is 2. The molecule has 36 heavy (non-hydrogen) atoms. The minimum absolute atomic E-state index is 0.192. The highest BCUT2D eigenvalue weighted by Gasteiger charge is 2.23. The van der Waals surface area contributed by atoms with E-state index >= 15 is 0 Å². The molecule has 0 aromatic heterocycles. The first-order valence-corrected chi connectivity index (χ1v) is 11.7. The number of halogens is 1. The monoisotopic (exact) mass is 481 g/mol. The van der Waals surface area contributed by atoms with E-state index in [0.717, 1.165) is 16.7 Å². The molecule has 4 rings (SSSR count). The molecule has 0 spiro atoms. The Labute approximate surface area is 210 Å². The van der Waals surface area contributed by atoms with Crippen molar-refractivity contribution in [2.75, 3.05) is 24.3 Å². The van der Waals surface area contributed by atoms with E-state index in [9.17, 15) is 14.0 Å². The smallest absolute Gasteiger partial charge is 0.253 e. The highest BCUT2D eigenvalue weighted by Crippen LogP contribution is 2.28. The lowest BCUT2D eigenvalue weighted by Crippen LogP contribution is -2.26. The van der Waals surface area contributed by atoms with E-state index in [2.05, 4.69) is 10.6 Å². The number of carbonyl (C=O) groups is 2. The van der Waals surface area contributed by atoms with Gasteiger partial charge in [-0.3, -0.25) is 9.59 Å². The third-order valence-corrected chi connectivity index (χ3v) is 5.88. The fourth-order valence-electron chi connectivity index (χ4n) is 4.07. The van der Waals surface area contributed by atoms with Gasteiger partial charge in [-0.05, 0) is 47.0 Å². The summed E-state index contributed by atoms with van der Waals surface area (Å²) in [5.41, 5.74) is 4.21. The number of anilines is 2. The van der Waals surface area contributed by atoms with Crippen molar-refractivity contribution in [2.45, 2.75) is 12.5 Å². The Hall–Kier alpha value is -4.45. The Morgan fingerprint density at radius 3 is 1.94 bits per heavy atom. The fourth-order valence-corrected chi connectivity index (χ4v) is 4.07. The molecule has 4 aromatic rings. The summed E-state index contributed by atoms with van der Waals surface area (Å²) in [6, 6.07) is 30.5. The third-order valence-electron chi connectivity index (χ3n) is 5.88. The normalized spacial score (nSPS) is 10.7. The van der Waals surface area contributed by atoms with Crippen LogP contribution in [0.2, 0.25) is 0 Å². The predicted molar refractivity (Wildman–Crippen MR) is 142 cm³/mol. The molecule has 4 aromatic carbocycles. The highest BCUT2D eigenvalue weighted by atomic mass is 19.1. The summed E-state index contributed by atoms with van der Waals surface area (Å²) in [6.07, 6.45) is 0. The van der Waals surface area contributed by atoms with Crippen LogP contribution in [0.25, 0.3) is 0 Å². The van der Waals surface area contributed by atoms with E-state index in [1.54, 1.807) is 24.3 Å². The summed E-state index contributed by atoms with van der Waals surface area (Å²) in [5, 5.41) is 5.89. The van der Waals surface area contributed by atoms with Crippen LogP contribution in [0.3, 0.4) is 0 Å². The van der Waals surface area contributed by atoms with Crippen molar-refractivity contribution in [3.8, 4) is 0 Å². The quantitative estimate of drug-likeness (QED) is 0.345. The standard InChI is InChI=1S/C30H28FN3O2/c1-34(2)27-18-17-25(19-26(27)29(35)32-20-21-13-15-24(31)16-14-21)33-30(36)28(22-9-5-3-6-10-22)23-11-7-4-8-12-23/h3-19,28H,20H2,1-2H3,(H,32,35)(H,33,36). The van der Waals surface area contributed by atoms with Crippen LogP contribution in [0.1, 0.15) is 33.0 Å². The van der Waals surface area contributed by atoms with Crippen molar-refractivity contribution < 1.29 is 14.0 Å². The number of nitrogens with zero attached hydrogens (tertiary/aromatic N) is 1. The Balaban J connectivity index is 1.58. The largest absolute Gasteiger partial charge is 0.377 e. The molecule has 0 heterocycles. The van der Waals surface area contributed by atoms with E-state index < -0.39 is 5.92 Å². The molecule has 0 radical (unpaired) electrons. The van der Waals surface area contributed by atoms with Crippen LogP contribution in [0.4, 0.5) is 15.8 Å². The Morgan fingerprint density at radius 2 is 1.39 bits per heavy atom. The zero-order chi connectivity index (χ0) is 25.5. The summed E-state index contributed by atoms with van der Waals surface area (Å²) in [5.74, 6) is -1.31. The molecule has 2 N–H and O–H groups in total. The molecule has 5 nitrogen and oxygen atoms in total. The van der Waals surface area contributed by atoms with E-state index in [1.807, 2.05) is 85.7 Å². The van der Waals surface area contributed by atoms with E-state index in [1.165, 1.54) is 12.1 Å². The topological polar surface area (TPSA) is 61.4 Å². The van der Waals surface area contributed by atoms with Crippen molar-refractivity contribution in [1.29, 1.82) is 0 Å². The highest BCUT2D eigenvalue weighted by molar-refractivity contribution is 6.03. The lowest BCUT2D eigenvalue weighted by Gasteiger charge is -2.21. The molecule has 0 unspecified atom stereocenters. The molecule has 0 atom stereocenters. The Kier molecular flexibility index (Phi) is 7.75. The van der Waals surface area contributed by atoms with Crippen LogP contribution in [0.15, 0.2) is 103 Å². The van der Waals surface area contributed by atoms with Gasteiger partial charge in [0.25, 0.3) is 5.91 Å². The van der Waals surface area contributed by atoms with Crippen LogP contribution in [-0.4, -0.2) is 25.9 Å². The molecule has 0 fully saturated rings. The first-order chi connectivity index (χ1) is 17.4. The second-order valence-electron chi connectivity index (χ2n) is 8.68. The van der Waals surface area contributed by atoms with Crippen molar-refractivity contribution in [1.82, 2.24) is 5.32 Å². The van der Waals surface area contributed by atoms with Gasteiger partial charge in [-0.25, -0.2) is 4.39 Å². The van der Waals surface area contributed by atoms with Gasteiger partial charge in [-0.15, -0.1) is 0 Å². The van der Waals surface area contributed by atoms with Gasteiger partial charge in [-0.1, -0.05) is 72.8 Å². The van der Waals surface area contributed by atoms with Crippen molar-refractivity contribution in [3.63, 3.8) is 0 Å². The average molecular weight is 482 g/mol. The van der Waals surface area contributed by atoms with Crippen LogP contribution in [0.5, 0.6) is 0 Å². The minimum atomic E-state index is -0.503. The molecule has 0 bridgehead atoms. The molecule has 0 aliphatic heterocycles. The number of nitrogens with one attached hydrogen (secondary N) is 2. The maximum atomic E-state index is 13.5.